The van der Waals surface area contributed by atoms with E-state index in [-0.39, 0.29) is 6.04 Å². The van der Waals surface area contributed by atoms with Gasteiger partial charge in [-0.3, -0.25) is 0 Å². The van der Waals surface area contributed by atoms with Crippen molar-refractivity contribution in [2.45, 2.75) is 64.8 Å². The van der Waals surface area contributed by atoms with E-state index in [2.05, 4.69) is 40.2 Å². The van der Waals surface area contributed by atoms with Crippen LogP contribution in [0, 0.1) is 24.2 Å². The standard InChI is InChI=1S/C21H28N6/c1-3-4-5-10-17-15(2)24-14-25-20(17)18-13-26-27(21(18)23)19(11-12-22)16-8-6-7-9-16/h5,10,13-14,16,19H,3-4,6-9,11,23H2,1-2H3/b10-5-. The van der Waals surface area contributed by atoms with Crippen LogP contribution < -0.4 is 5.73 Å². The van der Waals surface area contributed by atoms with Crippen LogP contribution in [0.2, 0.25) is 0 Å². The molecule has 27 heavy (non-hydrogen) atoms. The lowest BCUT2D eigenvalue weighted by atomic mass is 9.96. The Morgan fingerprint density at radius 1 is 1.37 bits per heavy atom. The number of rotatable bonds is 7. The second-order valence-corrected chi connectivity index (χ2v) is 7.27. The van der Waals surface area contributed by atoms with Crippen molar-refractivity contribution in [2.24, 2.45) is 5.92 Å². The van der Waals surface area contributed by atoms with Crippen LogP contribution >= 0.6 is 0 Å². The summed E-state index contributed by atoms with van der Waals surface area (Å²) in [6.07, 6.45) is 14.8. The highest BCUT2D eigenvalue weighted by molar-refractivity contribution is 5.79. The van der Waals surface area contributed by atoms with Gasteiger partial charge in [0.05, 0.1) is 36.0 Å². The van der Waals surface area contributed by atoms with Gasteiger partial charge in [-0.2, -0.15) is 10.4 Å². The molecule has 0 aliphatic heterocycles. The molecule has 1 saturated carbocycles. The van der Waals surface area contributed by atoms with Gasteiger partial charge >= 0.3 is 0 Å². The summed E-state index contributed by atoms with van der Waals surface area (Å²) >= 11 is 0. The number of nitrogens with two attached hydrogens (primary N) is 1. The molecule has 1 unspecified atom stereocenters. The van der Waals surface area contributed by atoms with Crippen molar-refractivity contribution < 1.29 is 0 Å². The Kier molecular flexibility index (Phi) is 6.23. The van der Waals surface area contributed by atoms with E-state index in [1.807, 2.05) is 11.6 Å². The maximum absolute atomic E-state index is 9.31. The van der Waals surface area contributed by atoms with Crippen molar-refractivity contribution in [3.63, 3.8) is 0 Å². The number of nitriles is 1. The predicted octanol–water partition coefficient (Wildman–Crippen LogP) is 4.69. The van der Waals surface area contributed by atoms with Crippen molar-refractivity contribution in [1.82, 2.24) is 19.7 Å². The summed E-state index contributed by atoms with van der Waals surface area (Å²) in [6.45, 7) is 4.13. The van der Waals surface area contributed by atoms with Crippen molar-refractivity contribution in [1.29, 1.82) is 5.26 Å². The minimum Gasteiger partial charge on any atom is -0.383 e. The van der Waals surface area contributed by atoms with Gasteiger partial charge in [0.15, 0.2) is 0 Å². The van der Waals surface area contributed by atoms with Crippen molar-refractivity contribution in [2.75, 3.05) is 5.73 Å². The minimum atomic E-state index is 0.0354. The first kappa shape index (κ1) is 19.1. The molecular weight excluding hydrogens is 336 g/mol. The van der Waals surface area contributed by atoms with Gasteiger partial charge in [-0.05, 0) is 32.1 Å². The lowest BCUT2D eigenvalue weighted by molar-refractivity contribution is 0.318. The summed E-state index contributed by atoms with van der Waals surface area (Å²) < 4.78 is 1.85. The molecule has 1 fully saturated rings. The number of aryl methyl sites for hydroxylation is 1. The molecule has 3 rings (SSSR count). The lowest BCUT2D eigenvalue weighted by Gasteiger charge is -2.22. The zero-order valence-corrected chi connectivity index (χ0v) is 16.2. The van der Waals surface area contributed by atoms with Crippen LogP contribution in [-0.2, 0) is 0 Å². The average molecular weight is 364 g/mol. The third kappa shape index (κ3) is 4.02. The number of anilines is 1. The van der Waals surface area contributed by atoms with E-state index in [9.17, 15) is 5.26 Å². The number of aromatic nitrogens is 4. The summed E-state index contributed by atoms with van der Waals surface area (Å²) in [5.41, 5.74) is 10.0. The SMILES string of the molecule is CCC/C=C\c1c(C)ncnc1-c1cnn(C(CC#N)C2CCCC2)c1N. The van der Waals surface area contributed by atoms with Gasteiger partial charge in [0.2, 0.25) is 0 Å². The lowest BCUT2D eigenvalue weighted by Crippen LogP contribution is -2.20. The van der Waals surface area contributed by atoms with E-state index in [1.54, 1.807) is 12.5 Å². The fourth-order valence-corrected chi connectivity index (χ4v) is 3.97. The smallest absolute Gasteiger partial charge is 0.131 e. The topological polar surface area (TPSA) is 93.4 Å². The van der Waals surface area contributed by atoms with Gasteiger partial charge < -0.3 is 5.73 Å². The predicted molar refractivity (Wildman–Crippen MR) is 108 cm³/mol. The molecule has 6 heteroatoms. The van der Waals surface area contributed by atoms with E-state index in [0.29, 0.717) is 18.2 Å². The van der Waals surface area contributed by atoms with Crippen LogP contribution in [-0.4, -0.2) is 19.7 Å². The van der Waals surface area contributed by atoms with Gasteiger partial charge in [0.1, 0.15) is 12.1 Å². The summed E-state index contributed by atoms with van der Waals surface area (Å²) in [7, 11) is 0. The first-order valence-corrected chi connectivity index (χ1v) is 9.85. The maximum Gasteiger partial charge on any atom is 0.131 e. The van der Waals surface area contributed by atoms with Gasteiger partial charge in [-0.25, -0.2) is 14.6 Å². The highest BCUT2D eigenvalue weighted by Gasteiger charge is 2.29. The quantitative estimate of drug-likeness (QED) is 0.769. The molecule has 142 valence electrons. The van der Waals surface area contributed by atoms with Crippen LogP contribution in [0.1, 0.15) is 69.2 Å². The summed E-state index contributed by atoms with van der Waals surface area (Å²) in [5, 5.41) is 13.9. The highest BCUT2D eigenvalue weighted by atomic mass is 15.3. The molecule has 6 nitrogen and oxygen atoms in total. The fraction of sp³-hybridized carbons (Fsp3) is 0.524. The second-order valence-electron chi connectivity index (χ2n) is 7.27. The fourth-order valence-electron chi connectivity index (χ4n) is 3.97. The first-order chi connectivity index (χ1) is 13.2. The molecule has 1 aliphatic rings. The molecule has 0 bridgehead atoms. The van der Waals surface area contributed by atoms with Crippen molar-refractivity contribution in [3.05, 3.63) is 29.9 Å². The zero-order chi connectivity index (χ0) is 19.2. The number of nitrogens with zero attached hydrogens (tertiary/aromatic N) is 5. The Balaban J connectivity index is 2.00. The number of unbranched alkanes of at least 4 members (excludes halogenated alkanes) is 1. The normalized spacial score (nSPS) is 16.0. The van der Waals surface area contributed by atoms with Crippen LogP contribution in [0.15, 0.2) is 18.6 Å². The molecule has 2 aromatic rings. The minimum absolute atomic E-state index is 0.0354. The van der Waals surface area contributed by atoms with Crippen LogP contribution in [0.5, 0.6) is 0 Å². The Morgan fingerprint density at radius 3 is 2.85 bits per heavy atom. The third-order valence-electron chi connectivity index (χ3n) is 5.47. The Hall–Kier alpha value is -2.68. The largest absolute Gasteiger partial charge is 0.383 e. The molecule has 1 aliphatic carbocycles. The first-order valence-electron chi connectivity index (χ1n) is 9.85. The molecule has 0 spiro atoms. The molecule has 0 saturated heterocycles. The zero-order valence-electron chi connectivity index (χ0n) is 16.2. The Morgan fingerprint density at radius 2 is 2.15 bits per heavy atom. The molecule has 2 aromatic heterocycles. The summed E-state index contributed by atoms with van der Waals surface area (Å²) in [5.74, 6) is 1.06. The Labute approximate surface area is 161 Å². The van der Waals surface area contributed by atoms with Crippen molar-refractivity contribution in [3.8, 4) is 17.3 Å². The third-order valence-corrected chi connectivity index (χ3v) is 5.47. The second kappa shape index (κ2) is 8.81. The molecular formula is C21H28N6. The van der Waals surface area contributed by atoms with Crippen LogP contribution in [0.3, 0.4) is 0 Å². The summed E-state index contributed by atoms with van der Waals surface area (Å²) in [4.78, 5) is 8.84. The van der Waals surface area contributed by atoms with E-state index in [0.717, 1.165) is 48.2 Å². The van der Waals surface area contributed by atoms with E-state index in [1.165, 1.54) is 12.8 Å². The van der Waals surface area contributed by atoms with E-state index >= 15 is 0 Å². The average Bonchev–Trinajstić information content (AvgIpc) is 3.32. The monoisotopic (exact) mass is 364 g/mol. The van der Waals surface area contributed by atoms with Gasteiger partial charge in [-0.1, -0.05) is 38.3 Å². The number of nitrogen functional groups attached to an aromatic ring is 1. The Bertz CT molecular complexity index is 839. The molecule has 1 atom stereocenters. The number of hydrogen-bond donors (Lipinski definition) is 1. The molecule has 2 heterocycles. The molecule has 0 amide bonds. The highest BCUT2D eigenvalue weighted by Crippen LogP contribution is 2.39. The van der Waals surface area contributed by atoms with Gasteiger partial charge in [-0.15, -0.1) is 0 Å². The van der Waals surface area contributed by atoms with Gasteiger partial charge in [0, 0.05) is 11.3 Å². The molecule has 0 radical (unpaired) electrons. The summed E-state index contributed by atoms with van der Waals surface area (Å²) in [6, 6.07) is 2.36. The van der Waals surface area contributed by atoms with E-state index < -0.39 is 0 Å². The number of hydrogen-bond acceptors (Lipinski definition) is 5. The number of allylic oxidation sites excluding steroid dienone is 1. The molecule has 2 N–H and O–H groups in total. The van der Waals surface area contributed by atoms with Crippen LogP contribution in [0.4, 0.5) is 5.82 Å². The van der Waals surface area contributed by atoms with Gasteiger partial charge in [0.25, 0.3) is 0 Å². The van der Waals surface area contributed by atoms with Crippen molar-refractivity contribution >= 4 is 11.9 Å². The molecule has 0 aromatic carbocycles. The van der Waals surface area contributed by atoms with Crippen LogP contribution in [0.25, 0.3) is 17.3 Å². The van der Waals surface area contributed by atoms with E-state index in [4.69, 9.17) is 5.73 Å². The maximum atomic E-state index is 9.31.